The van der Waals surface area contributed by atoms with Crippen LogP contribution in [-0.4, -0.2) is 31.1 Å². The zero-order chi connectivity index (χ0) is 12.5. The number of alkyl halides is 2. The van der Waals surface area contributed by atoms with Crippen LogP contribution in [0.15, 0.2) is 12.1 Å². The van der Waals surface area contributed by atoms with E-state index in [1.807, 2.05) is 4.90 Å². The number of aromatic nitrogens is 1. The van der Waals surface area contributed by atoms with Gasteiger partial charge in [-0.15, -0.1) is 0 Å². The molecule has 0 bridgehead atoms. The average molecular weight is 243 g/mol. The van der Waals surface area contributed by atoms with E-state index in [1.165, 1.54) is 7.11 Å². The Kier molecular flexibility index (Phi) is 3.04. The summed E-state index contributed by atoms with van der Waals surface area (Å²) < 4.78 is 31.0. The van der Waals surface area contributed by atoms with Gasteiger partial charge in [0.2, 0.25) is 5.88 Å². The second-order valence-corrected chi connectivity index (χ2v) is 4.11. The number of rotatable bonds is 2. The van der Waals surface area contributed by atoms with E-state index in [9.17, 15) is 8.78 Å². The van der Waals surface area contributed by atoms with Crippen molar-refractivity contribution in [3.05, 3.63) is 12.1 Å². The molecule has 0 aromatic carbocycles. The maximum Gasteiger partial charge on any atom is 0.251 e. The molecular weight excluding hydrogens is 228 g/mol. The lowest BCUT2D eigenvalue weighted by atomic mass is 10.1. The maximum atomic E-state index is 13.0. The summed E-state index contributed by atoms with van der Waals surface area (Å²) in [5, 5.41) is 0. The Labute approximate surface area is 98.4 Å². The quantitative estimate of drug-likeness (QED) is 0.862. The third-order valence-electron chi connectivity index (χ3n) is 2.89. The van der Waals surface area contributed by atoms with Crippen molar-refractivity contribution in [2.45, 2.75) is 18.8 Å². The van der Waals surface area contributed by atoms with Gasteiger partial charge < -0.3 is 15.4 Å². The first kappa shape index (κ1) is 11.9. The van der Waals surface area contributed by atoms with Crippen LogP contribution in [0, 0.1) is 0 Å². The molecule has 0 amide bonds. The minimum absolute atomic E-state index is 0.138. The van der Waals surface area contributed by atoms with E-state index >= 15 is 0 Å². The summed E-state index contributed by atoms with van der Waals surface area (Å²) in [4.78, 5) is 6.01. The fraction of sp³-hybridized carbons (Fsp3) is 0.545. The Morgan fingerprint density at radius 1 is 1.35 bits per heavy atom. The molecule has 0 spiro atoms. The van der Waals surface area contributed by atoms with E-state index in [2.05, 4.69) is 4.98 Å². The van der Waals surface area contributed by atoms with Gasteiger partial charge >= 0.3 is 0 Å². The van der Waals surface area contributed by atoms with E-state index in [0.717, 1.165) is 0 Å². The lowest BCUT2D eigenvalue weighted by Crippen LogP contribution is -2.39. The number of hydrogen-bond donors (Lipinski definition) is 1. The molecule has 2 rings (SSSR count). The van der Waals surface area contributed by atoms with Crippen molar-refractivity contribution in [3.8, 4) is 5.88 Å². The lowest BCUT2D eigenvalue weighted by Gasteiger charge is -2.32. The molecule has 1 fully saturated rings. The van der Waals surface area contributed by atoms with Crippen molar-refractivity contribution in [3.63, 3.8) is 0 Å². The molecule has 17 heavy (non-hydrogen) atoms. The van der Waals surface area contributed by atoms with Gasteiger partial charge in [0.25, 0.3) is 5.92 Å². The summed E-state index contributed by atoms with van der Waals surface area (Å²) in [6.45, 7) is 0.597. The summed E-state index contributed by atoms with van der Waals surface area (Å²) in [7, 11) is 1.48. The first-order valence-corrected chi connectivity index (χ1v) is 5.45. The number of nitrogen functional groups attached to an aromatic ring is 1. The molecule has 0 atom stereocenters. The van der Waals surface area contributed by atoms with Gasteiger partial charge in [-0.05, 0) is 12.1 Å². The van der Waals surface area contributed by atoms with Gasteiger partial charge in [-0.1, -0.05) is 0 Å². The van der Waals surface area contributed by atoms with Gasteiger partial charge in [-0.3, -0.25) is 0 Å². The standard InChI is InChI=1S/C11H15F2N3O/c1-17-10-8(14)2-3-9(15-10)16-6-4-11(12,13)5-7-16/h2-3H,4-7,14H2,1H3. The van der Waals surface area contributed by atoms with Gasteiger partial charge in [0.05, 0.1) is 12.8 Å². The van der Waals surface area contributed by atoms with E-state index in [0.29, 0.717) is 30.5 Å². The second-order valence-electron chi connectivity index (χ2n) is 4.11. The monoisotopic (exact) mass is 243 g/mol. The zero-order valence-electron chi connectivity index (χ0n) is 9.62. The first-order valence-electron chi connectivity index (χ1n) is 5.45. The third kappa shape index (κ3) is 2.57. The Morgan fingerprint density at radius 3 is 2.59 bits per heavy atom. The van der Waals surface area contributed by atoms with Crippen LogP contribution in [-0.2, 0) is 0 Å². The Morgan fingerprint density at radius 2 is 2.00 bits per heavy atom. The number of halogens is 2. The molecule has 4 nitrogen and oxygen atoms in total. The molecule has 1 aromatic rings. The van der Waals surface area contributed by atoms with E-state index < -0.39 is 5.92 Å². The Bertz CT molecular complexity index is 402. The molecule has 2 N–H and O–H groups in total. The molecule has 1 aliphatic rings. The average Bonchev–Trinajstić information content (AvgIpc) is 2.30. The van der Waals surface area contributed by atoms with Crippen LogP contribution in [0.25, 0.3) is 0 Å². The van der Waals surface area contributed by atoms with Crippen LogP contribution in [0.2, 0.25) is 0 Å². The summed E-state index contributed by atoms with van der Waals surface area (Å²) in [5.74, 6) is -1.58. The number of nitrogens with two attached hydrogens (primary N) is 1. The van der Waals surface area contributed by atoms with Gasteiger partial charge in [0.15, 0.2) is 0 Å². The van der Waals surface area contributed by atoms with Crippen molar-refractivity contribution in [2.24, 2.45) is 0 Å². The molecule has 0 unspecified atom stereocenters. The fourth-order valence-electron chi connectivity index (χ4n) is 1.84. The molecule has 0 saturated carbocycles. The topological polar surface area (TPSA) is 51.4 Å². The van der Waals surface area contributed by atoms with Crippen molar-refractivity contribution >= 4 is 11.5 Å². The minimum atomic E-state index is -2.55. The number of hydrogen-bond acceptors (Lipinski definition) is 4. The Hall–Kier alpha value is -1.59. The molecule has 0 aliphatic carbocycles. The molecule has 0 radical (unpaired) electrons. The van der Waals surface area contributed by atoms with Gasteiger partial charge in [0.1, 0.15) is 5.82 Å². The molecule has 1 aliphatic heterocycles. The lowest BCUT2D eigenvalue weighted by molar-refractivity contribution is -0.0221. The van der Waals surface area contributed by atoms with Crippen LogP contribution in [0.3, 0.4) is 0 Å². The smallest absolute Gasteiger partial charge is 0.251 e. The number of anilines is 2. The SMILES string of the molecule is COc1nc(N2CCC(F)(F)CC2)ccc1N. The largest absolute Gasteiger partial charge is 0.479 e. The Balaban J connectivity index is 2.13. The maximum absolute atomic E-state index is 13.0. The summed E-state index contributed by atoms with van der Waals surface area (Å²) in [5.41, 5.74) is 6.09. The predicted octanol–water partition coefficient (Wildman–Crippen LogP) is 1.91. The number of piperidine rings is 1. The van der Waals surface area contributed by atoms with Crippen molar-refractivity contribution < 1.29 is 13.5 Å². The van der Waals surface area contributed by atoms with E-state index in [4.69, 9.17) is 10.5 Å². The van der Waals surface area contributed by atoms with Gasteiger partial charge in [0, 0.05) is 25.9 Å². The van der Waals surface area contributed by atoms with Crippen LogP contribution in [0.1, 0.15) is 12.8 Å². The highest BCUT2D eigenvalue weighted by molar-refractivity contribution is 5.54. The van der Waals surface area contributed by atoms with Crippen molar-refractivity contribution in [1.29, 1.82) is 0 Å². The highest BCUT2D eigenvalue weighted by atomic mass is 19.3. The van der Waals surface area contributed by atoms with Crippen LogP contribution >= 0.6 is 0 Å². The molecule has 6 heteroatoms. The minimum Gasteiger partial charge on any atom is -0.479 e. The summed E-state index contributed by atoms with van der Waals surface area (Å²) in [6.07, 6.45) is -0.275. The summed E-state index contributed by atoms with van der Waals surface area (Å²) in [6, 6.07) is 3.40. The predicted molar refractivity (Wildman–Crippen MR) is 61.6 cm³/mol. The van der Waals surface area contributed by atoms with Crippen LogP contribution < -0.4 is 15.4 Å². The fourth-order valence-corrected chi connectivity index (χ4v) is 1.84. The van der Waals surface area contributed by atoms with Crippen LogP contribution in [0.5, 0.6) is 5.88 Å². The third-order valence-corrected chi connectivity index (χ3v) is 2.89. The normalized spacial score (nSPS) is 19.1. The summed E-state index contributed by atoms with van der Waals surface area (Å²) >= 11 is 0. The number of nitrogens with zero attached hydrogens (tertiary/aromatic N) is 2. The van der Waals surface area contributed by atoms with E-state index in [-0.39, 0.29) is 12.8 Å². The molecular formula is C11H15F2N3O. The first-order chi connectivity index (χ1) is 8.02. The number of pyridine rings is 1. The van der Waals surface area contributed by atoms with E-state index in [1.54, 1.807) is 12.1 Å². The van der Waals surface area contributed by atoms with Crippen molar-refractivity contribution in [1.82, 2.24) is 4.98 Å². The number of ether oxygens (including phenoxy) is 1. The van der Waals surface area contributed by atoms with Crippen LogP contribution in [0.4, 0.5) is 20.3 Å². The molecule has 1 aromatic heterocycles. The van der Waals surface area contributed by atoms with Crippen molar-refractivity contribution in [2.75, 3.05) is 30.8 Å². The highest BCUT2D eigenvalue weighted by Gasteiger charge is 2.34. The van der Waals surface area contributed by atoms with Gasteiger partial charge in [-0.2, -0.15) is 4.98 Å². The number of methoxy groups -OCH3 is 1. The highest BCUT2D eigenvalue weighted by Crippen LogP contribution is 2.31. The molecule has 1 saturated heterocycles. The molecule has 94 valence electrons. The zero-order valence-corrected chi connectivity index (χ0v) is 9.62. The molecule has 2 heterocycles. The second kappa shape index (κ2) is 4.35. The van der Waals surface area contributed by atoms with Gasteiger partial charge in [-0.25, -0.2) is 8.78 Å².